The zero-order chi connectivity index (χ0) is 12.3. The highest BCUT2D eigenvalue weighted by molar-refractivity contribution is 7.99. The minimum atomic E-state index is 0.0242. The third kappa shape index (κ3) is 2.79. The first-order valence-electron chi connectivity index (χ1n) is 5.47. The summed E-state index contributed by atoms with van der Waals surface area (Å²) in [7, 11) is 0. The van der Waals surface area contributed by atoms with Crippen LogP contribution in [0.1, 0.15) is 30.9 Å². The summed E-state index contributed by atoms with van der Waals surface area (Å²) in [5.41, 5.74) is 0. The maximum absolute atomic E-state index is 9.67. The molecule has 0 aliphatic rings. The molecule has 0 bridgehead atoms. The fourth-order valence-electron chi connectivity index (χ4n) is 1.37. The number of hydrogen-bond donors (Lipinski definition) is 1. The van der Waals surface area contributed by atoms with Gasteiger partial charge in [-0.2, -0.15) is 0 Å². The van der Waals surface area contributed by atoms with Gasteiger partial charge in [-0.15, -0.1) is 22.0 Å². The molecular weight excluding hydrogens is 236 g/mol. The standard InChI is InChI=1S/C12H14N2O2S/c1-3-11-13-14-12(16-11)8(2)17-10-7-5-4-6-9(10)15/h4-8,15H,3H2,1-2H3/t8-/m1/s1. The van der Waals surface area contributed by atoms with Crippen LogP contribution in [-0.2, 0) is 6.42 Å². The molecular formula is C12H14N2O2S. The Kier molecular flexibility index (Phi) is 3.68. The van der Waals surface area contributed by atoms with E-state index in [0.717, 1.165) is 11.3 Å². The first-order chi connectivity index (χ1) is 8.20. The number of aromatic nitrogens is 2. The van der Waals surface area contributed by atoms with Crippen molar-refractivity contribution in [3.63, 3.8) is 0 Å². The van der Waals surface area contributed by atoms with Crippen molar-refractivity contribution >= 4 is 11.8 Å². The van der Waals surface area contributed by atoms with Crippen molar-refractivity contribution in [1.82, 2.24) is 10.2 Å². The van der Waals surface area contributed by atoms with E-state index in [1.165, 1.54) is 11.8 Å². The average molecular weight is 250 g/mol. The number of benzene rings is 1. The second-order valence-corrected chi connectivity index (χ2v) is 5.00. The topological polar surface area (TPSA) is 59.2 Å². The molecule has 0 amide bonds. The highest BCUT2D eigenvalue weighted by Gasteiger charge is 2.16. The van der Waals surface area contributed by atoms with Gasteiger partial charge in [0, 0.05) is 11.3 Å². The second-order valence-electron chi connectivity index (χ2n) is 3.62. The predicted octanol–water partition coefficient (Wildman–Crippen LogP) is 3.19. The van der Waals surface area contributed by atoms with Crippen LogP contribution in [0.2, 0.25) is 0 Å². The number of nitrogens with zero attached hydrogens (tertiary/aromatic N) is 2. The third-order valence-corrected chi connectivity index (χ3v) is 3.46. The van der Waals surface area contributed by atoms with E-state index < -0.39 is 0 Å². The third-order valence-electron chi connectivity index (χ3n) is 2.30. The van der Waals surface area contributed by atoms with Gasteiger partial charge < -0.3 is 9.52 Å². The summed E-state index contributed by atoms with van der Waals surface area (Å²) < 4.78 is 5.48. The highest BCUT2D eigenvalue weighted by atomic mass is 32.2. The monoisotopic (exact) mass is 250 g/mol. The van der Waals surface area contributed by atoms with Crippen LogP contribution in [-0.4, -0.2) is 15.3 Å². The van der Waals surface area contributed by atoms with Gasteiger partial charge in [0.1, 0.15) is 5.75 Å². The Hall–Kier alpha value is -1.49. The molecule has 1 N–H and O–H groups in total. The molecule has 2 rings (SSSR count). The molecule has 0 aliphatic carbocycles. The molecule has 0 saturated carbocycles. The summed E-state index contributed by atoms with van der Waals surface area (Å²) >= 11 is 1.50. The first-order valence-corrected chi connectivity index (χ1v) is 6.35. The van der Waals surface area contributed by atoms with Crippen LogP contribution in [0.15, 0.2) is 33.6 Å². The van der Waals surface area contributed by atoms with Crippen molar-refractivity contribution in [3.8, 4) is 5.75 Å². The molecule has 2 aromatic rings. The smallest absolute Gasteiger partial charge is 0.229 e. The number of aromatic hydroxyl groups is 1. The lowest BCUT2D eigenvalue weighted by Crippen LogP contribution is -1.88. The molecule has 4 nitrogen and oxygen atoms in total. The van der Waals surface area contributed by atoms with Gasteiger partial charge >= 0.3 is 0 Å². The van der Waals surface area contributed by atoms with Gasteiger partial charge in [0.15, 0.2) is 0 Å². The molecule has 0 unspecified atom stereocenters. The van der Waals surface area contributed by atoms with Crippen molar-refractivity contribution in [1.29, 1.82) is 0 Å². The molecule has 0 spiro atoms. The average Bonchev–Trinajstić information content (AvgIpc) is 2.81. The number of phenolic OH excluding ortho intramolecular Hbond substituents is 1. The maximum Gasteiger partial charge on any atom is 0.229 e. The molecule has 1 aromatic heterocycles. The molecule has 17 heavy (non-hydrogen) atoms. The number of thioether (sulfide) groups is 1. The zero-order valence-corrected chi connectivity index (χ0v) is 10.6. The molecule has 5 heteroatoms. The van der Waals surface area contributed by atoms with Crippen molar-refractivity contribution in [3.05, 3.63) is 36.0 Å². The van der Waals surface area contributed by atoms with Crippen molar-refractivity contribution < 1.29 is 9.52 Å². The van der Waals surface area contributed by atoms with Crippen LogP contribution in [0.4, 0.5) is 0 Å². The van der Waals surface area contributed by atoms with E-state index in [4.69, 9.17) is 4.42 Å². The lowest BCUT2D eigenvalue weighted by molar-refractivity contribution is 0.454. The second kappa shape index (κ2) is 5.23. The lowest BCUT2D eigenvalue weighted by atomic mass is 10.3. The van der Waals surface area contributed by atoms with Crippen LogP contribution < -0.4 is 0 Å². The fourth-order valence-corrected chi connectivity index (χ4v) is 2.29. The Labute approximate surface area is 104 Å². The Bertz CT molecular complexity index is 499. The Morgan fingerprint density at radius 2 is 2.12 bits per heavy atom. The van der Waals surface area contributed by atoms with Gasteiger partial charge in [-0.1, -0.05) is 19.1 Å². The number of aryl methyl sites for hydroxylation is 1. The summed E-state index contributed by atoms with van der Waals surface area (Å²) in [6, 6.07) is 7.22. The van der Waals surface area contributed by atoms with Gasteiger partial charge in [0.2, 0.25) is 11.8 Å². The van der Waals surface area contributed by atoms with Crippen LogP contribution in [0.3, 0.4) is 0 Å². The molecule has 0 fully saturated rings. The largest absolute Gasteiger partial charge is 0.507 e. The summed E-state index contributed by atoms with van der Waals surface area (Å²) in [6.07, 6.45) is 0.737. The van der Waals surface area contributed by atoms with Crippen LogP contribution in [0.5, 0.6) is 5.75 Å². The zero-order valence-electron chi connectivity index (χ0n) is 9.75. The van der Waals surface area contributed by atoms with E-state index in [1.807, 2.05) is 26.0 Å². The molecule has 1 aromatic carbocycles. The van der Waals surface area contributed by atoms with Gasteiger partial charge in [0.05, 0.1) is 5.25 Å². The van der Waals surface area contributed by atoms with E-state index in [-0.39, 0.29) is 11.0 Å². The number of rotatable bonds is 4. The van der Waals surface area contributed by atoms with Crippen LogP contribution in [0, 0.1) is 0 Å². The first kappa shape index (κ1) is 12.0. The summed E-state index contributed by atoms with van der Waals surface area (Å²) in [6.45, 7) is 3.95. The van der Waals surface area contributed by atoms with Crippen LogP contribution >= 0.6 is 11.8 Å². The van der Waals surface area contributed by atoms with Crippen molar-refractivity contribution in [2.75, 3.05) is 0 Å². The Balaban J connectivity index is 2.11. The molecule has 1 heterocycles. The number of para-hydroxylation sites is 1. The van der Waals surface area contributed by atoms with Gasteiger partial charge in [0.25, 0.3) is 0 Å². The maximum atomic E-state index is 9.67. The van der Waals surface area contributed by atoms with Gasteiger partial charge in [-0.3, -0.25) is 0 Å². The predicted molar refractivity (Wildman–Crippen MR) is 66.1 cm³/mol. The van der Waals surface area contributed by atoms with Crippen molar-refractivity contribution in [2.24, 2.45) is 0 Å². The minimum absolute atomic E-state index is 0.0242. The van der Waals surface area contributed by atoms with E-state index in [1.54, 1.807) is 12.1 Å². The normalized spacial score (nSPS) is 12.6. The summed E-state index contributed by atoms with van der Waals surface area (Å²) in [5.74, 6) is 1.51. The Morgan fingerprint density at radius 1 is 1.35 bits per heavy atom. The quantitative estimate of drug-likeness (QED) is 0.844. The summed E-state index contributed by atoms with van der Waals surface area (Å²) in [5, 5.41) is 17.6. The fraction of sp³-hybridized carbons (Fsp3) is 0.333. The lowest BCUT2D eigenvalue weighted by Gasteiger charge is -2.07. The molecule has 1 atom stereocenters. The Morgan fingerprint density at radius 3 is 2.76 bits per heavy atom. The van der Waals surface area contributed by atoms with Crippen molar-refractivity contribution in [2.45, 2.75) is 30.4 Å². The number of hydrogen-bond acceptors (Lipinski definition) is 5. The van der Waals surface area contributed by atoms with Gasteiger partial charge in [-0.05, 0) is 19.1 Å². The SMILES string of the molecule is CCc1nnc([C@@H](C)Sc2ccccc2O)o1. The van der Waals surface area contributed by atoms with Gasteiger partial charge in [-0.25, -0.2) is 0 Å². The number of phenols is 1. The summed E-state index contributed by atoms with van der Waals surface area (Å²) in [4.78, 5) is 0.816. The molecule has 90 valence electrons. The van der Waals surface area contributed by atoms with Crippen LogP contribution in [0.25, 0.3) is 0 Å². The van der Waals surface area contributed by atoms with E-state index in [0.29, 0.717) is 11.8 Å². The minimum Gasteiger partial charge on any atom is -0.507 e. The van der Waals surface area contributed by atoms with E-state index >= 15 is 0 Å². The van der Waals surface area contributed by atoms with E-state index in [2.05, 4.69) is 10.2 Å². The highest BCUT2D eigenvalue weighted by Crippen LogP contribution is 2.38. The molecule has 0 saturated heterocycles. The van der Waals surface area contributed by atoms with E-state index in [9.17, 15) is 5.11 Å². The molecule has 0 aliphatic heterocycles. The molecule has 0 radical (unpaired) electrons.